The Hall–Kier alpha value is -2.31. The fourth-order valence-corrected chi connectivity index (χ4v) is 4.21. The lowest BCUT2D eigenvalue weighted by molar-refractivity contribution is -0.133. The minimum atomic E-state index is -0.324. The molecule has 1 aromatic carbocycles. The quantitative estimate of drug-likeness (QED) is 0.791. The number of carbonyl (C=O) groups is 2. The molecule has 0 bridgehead atoms. The van der Waals surface area contributed by atoms with E-state index in [2.05, 4.69) is 21.9 Å². The number of carbonyl (C=O) groups excluding carboxylic acids is 2. The number of hydrogen-bond donors (Lipinski definition) is 0. The number of nitrogens with zero attached hydrogens (tertiary/aromatic N) is 4. The standard InChI is InChI=1S/C21H23ClN4O2/c1-25-8-10-26(11-9-25)18(27)13-16-17(12-14-2-4-15(22)5-3-14)21(28)20-19(16)23-6-7-24-20/h2-7,16-17H,8-13H2,1H3. The number of piperazine rings is 1. The van der Waals surface area contributed by atoms with Crippen LogP contribution in [0, 0.1) is 5.92 Å². The van der Waals surface area contributed by atoms with E-state index < -0.39 is 0 Å². The van der Waals surface area contributed by atoms with Crippen LogP contribution >= 0.6 is 11.6 Å². The van der Waals surface area contributed by atoms with Crippen LogP contribution in [0.25, 0.3) is 0 Å². The normalized spacial score (nSPS) is 22.4. The Balaban J connectivity index is 1.56. The molecule has 146 valence electrons. The largest absolute Gasteiger partial charge is 0.340 e. The molecule has 0 spiro atoms. The molecule has 1 saturated heterocycles. The lowest BCUT2D eigenvalue weighted by Crippen LogP contribution is -2.47. The van der Waals surface area contributed by atoms with Crippen molar-refractivity contribution < 1.29 is 9.59 Å². The van der Waals surface area contributed by atoms with Crippen LogP contribution in [0.2, 0.25) is 5.02 Å². The fourth-order valence-electron chi connectivity index (χ4n) is 4.08. The average Bonchev–Trinajstić information content (AvgIpc) is 2.96. The molecule has 2 unspecified atom stereocenters. The fraction of sp³-hybridized carbons (Fsp3) is 0.429. The van der Waals surface area contributed by atoms with Gasteiger partial charge in [0.1, 0.15) is 5.69 Å². The van der Waals surface area contributed by atoms with Crippen molar-refractivity contribution in [1.82, 2.24) is 19.8 Å². The molecule has 1 aliphatic carbocycles. The SMILES string of the molecule is CN1CCN(C(=O)CC2c3nccnc3C(=O)C2Cc2ccc(Cl)cc2)CC1. The van der Waals surface area contributed by atoms with Crippen molar-refractivity contribution in [2.45, 2.75) is 18.8 Å². The van der Waals surface area contributed by atoms with E-state index in [4.69, 9.17) is 11.6 Å². The van der Waals surface area contributed by atoms with Crippen molar-refractivity contribution in [3.05, 3.63) is 58.6 Å². The van der Waals surface area contributed by atoms with Crippen molar-refractivity contribution in [3.8, 4) is 0 Å². The monoisotopic (exact) mass is 398 g/mol. The average molecular weight is 399 g/mol. The molecule has 0 saturated carbocycles. The molecule has 2 heterocycles. The second-order valence-corrected chi connectivity index (χ2v) is 8.02. The van der Waals surface area contributed by atoms with E-state index in [0.29, 0.717) is 29.3 Å². The number of amides is 1. The maximum atomic E-state index is 13.0. The number of hydrogen-bond acceptors (Lipinski definition) is 5. The zero-order valence-corrected chi connectivity index (χ0v) is 16.6. The molecule has 28 heavy (non-hydrogen) atoms. The summed E-state index contributed by atoms with van der Waals surface area (Å²) in [5.74, 6) is -0.492. The molecule has 4 rings (SSSR count). The van der Waals surface area contributed by atoms with E-state index in [1.54, 1.807) is 12.4 Å². The second-order valence-electron chi connectivity index (χ2n) is 7.59. The van der Waals surface area contributed by atoms with Crippen LogP contribution in [-0.4, -0.2) is 64.7 Å². The first kappa shape index (κ1) is 19.0. The minimum Gasteiger partial charge on any atom is -0.340 e. The third-order valence-corrected chi connectivity index (χ3v) is 6.00. The summed E-state index contributed by atoms with van der Waals surface area (Å²) in [6.07, 6.45) is 3.99. The van der Waals surface area contributed by atoms with Crippen LogP contribution in [0.5, 0.6) is 0 Å². The van der Waals surface area contributed by atoms with Crippen molar-refractivity contribution in [2.24, 2.45) is 5.92 Å². The first-order valence-corrected chi connectivity index (χ1v) is 9.96. The molecule has 2 aliphatic rings. The lowest BCUT2D eigenvalue weighted by Gasteiger charge is -2.33. The van der Waals surface area contributed by atoms with Crippen LogP contribution in [0.4, 0.5) is 0 Å². The van der Waals surface area contributed by atoms with E-state index in [1.165, 1.54) is 0 Å². The third-order valence-electron chi connectivity index (χ3n) is 5.75. The van der Waals surface area contributed by atoms with Gasteiger partial charge >= 0.3 is 0 Å². The summed E-state index contributed by atoms with van der Waals surface area (Å²) in [6, 6.07) is 7.51. The van der Waals surface area contributed by atoms with Crippen LogP contribution < -0.4 is 0 Å². The Bertz CT molecular complexity index is 878. The van der Waals surface area contributed by atoms with Gasteiger partial charge in [-0.15, -0.1) is 0 Å². The van der Waals surface area contributed by atoms with Crippen LogP contribution in [0.1, 0.15) is 34.1 Å². The maximum absolute atomic E-state index is 13.0. The van der Waals surface area contributed by atoms with Gasteiger partial charge in [0.05, 0.1) is 5.69 Å². The summed E-state index contributed by atoms with van der Waals surface area (Å²) in [5, 5.41) is 0.662. The molecule has 0 radical (unpaired) electrons. The highest BCUT2D eigenvalue weighted by Gasteiger charge is 2.43. The first-order valence-electron chi connectivity index (χ1n) is 9.59. The number of halogens is 1. The maximum Gasteiger partial charge on any atom is 0.223 e. The van der Waals surface area contributed by atoms with Gasteiger partial charge < -0.3 is 9.80 Å². The Kier molecular flexibility index (Phi) is 5.42. The summed E-state index contributed by atoms with van der Waals surface area (Å²) >= 11 is 5.98. The Morgan fingerprint density at radius 2 is 1.75 bits per heavy atom. The highest BCUT2D eigenvalue weighted by molar-refractivity contribution is 6.30. The number of likely N-dealkylation sites (N-methyl/N-ethyl adjacent to an activating group) is 1. The second kappa shape index (κ2) is 7.97. The number of fused-ring (bicyclic) bond motifs is 1. The van der Waals surface area contributed by atoms with Gasteiger partial charge in [0.25, 0.3) is 0 Å². The summed E-state index contributed by atoms with van der Waals surface area (Å²) in [7, 11) is 2.06. The first-order chi connectivity index (χ1) is 13.5. The van der Waals surface area contributed by atoms with Crippen LogP contribution in [0.3, 0.4) is 0 Å². The molecule has 0 N–H and O–H groups in total. The Morgan fingerprint density at radius 3 is 2.46 bits per heavy atom. The Morgan fingerprint density at radius 1 is 1.07 bits per heavy atom. The van der Waals surface area contributed by atoms with Gasteiger partial charge in [0, 0.05) is 61.9 Å². The number of aromatic nitrogens is 2. The zero-order chi connectivity index (χ0) is 19.7. The van der Waals surface area contributed by atoms with Gasteiger partial charge in [-0.25, -0.2) is 4.98 Å². The predicted molar refractivity (Wildman–Crippen MR) is 106 cm³/mol. The smallest absolute Gasteiger partial charge is 0.223 e. The number of rotatable bonds is 4. The number of ketones is 1. The molecule has 1 amide bonds. The molecule has 7 heteroatoms. The topological polar surface area (TPSA) is 66.4 Å². The van der Waals surface area contributed by atoms with E-state index in [-0.39, 0.29) is 23.5 Å². The third kappa shape index (κ3) is 3.80. The molecule has 2 atom stereocenters. The molecular weight excluding hydrogens is 376 g/mol. The molecule has 2 aromatic rings. The lowest BCUT2D eigenvalue weighted by atomic mass is 9.85. The van der Waals surface area contributed by atoms with Crippen molar-refractivity contribution in [1.29, 1.82) is 0 Å². The van der Waals surface area contributed by atoms with Gasteiger partial charge in [-0.05, 0) is 31.2 Å². The van der Waals surface area contributed by atoms with E-state index in [1.807, 2.05) is 29.2 Å². The van der Waals surface area contributed by atoms with Crippen molar-refractivity contribution >= 4 is 23.3 Å². The van der Waals surface area contributed by atoms with E-state index in [9.17, 15) is 9.59 Å². The van der Waals surface area contributed by atoms with E-state index >= 15 is 0 Å². The van der Waals surface area contributed by atoms with E-state index in [0.717, 1.165) is 31.7 Å². The summed E-state index contributed by atoms with van der Waals surface area (Å²) in [4.78, 5) is 38.8. The molecule has 1 aromatic heterocycles. The van der Waals surface area contributed by atoms with Gasteiger partial charge in [-0.2, -0.15) is 0 Å². The predicted octanol–water partition coefficient (Wildman–Crippen LogP) is 2.43. The van der Waals surface area contributed by atoms with Crippen molar-refractivity contribution in [2.75, 3.05) is 33.2 Å². The molecular formula is C21H23ClN4O2. The van der Waals surface area contributed by atoms with Gasteiger partial charge in [0.15, 0.2) is 5.78 Å². The highest BCUT2D eigenvalue weighted by atomic mass is 35.5. The summed E-state index contributed by atoms with van der Waals surface area (Å²) in [5.41, 5.74) is 2.10. The zero-order valence-electron chi connectivity index (χ0n) is 15.8. The van der Waals surface area contributed by atoms with Crippen molar-refractivity contribution in [3.63, 3.8) is 0 Å². The summed E-state index contributed by atoms with van der Waals surface area (Å²) in [6.45, 7) is 3.20. The highest BCUT2D eigenvalue weighted by Crippen LogP contribution is 2.40. The van der Waals surface area contributed by atoms with Gasteiger partial charge in [-0.3, -0.25) is 14.6 Å². The number of Topliss-reactive ketones (excluding diaryl/α,β-unsaturated/α-hetero) is 1. The van der Waals surface area contributed by atoms with Gasteiger partial charge in [0.2, 0.25) is 5.91 Å². The molecule has 6 nitrogen and oxygen atoms in total. The van der Waals surface area contributed by atoms with Crippen LogP contribution in [-0.2, 0) is 11.2 Å². The Labute approximate surface area is 169 Å². The number of benzene rings is 1. The van der Waals surface area contributed by atoms with Gasteiger partial charge in [-0.1, -0.05) is 23.7 Å². The summed E-state index contributed by atoms with van der Waals surface area (Å²) < 4.78 is 0. The van der Waals surface area contributed by atoms with Crippen LogP contribution in [0.15, 0.2) is 36.7 Å². The minimum absolute atomic E-state index is 0.0192. The molecule has 1 fully saturated rings. The molecule has 1 aliphatic heterocycles.